The van der Waals surface area contributed by atoms with Crippen molar-refractivity contribution >= 4 is 159 Å². The molecule has 21 rings (SSSR count). The van der Waals surface area contributed by atoms with Crippen molar-refractivity contribution in [3.8, 4) is 0 Å². The molecule has 0 atom stereocenters. The number of aromatic nitrogens is 4. The molecule has 0 saturated heterocycles. The van der Waals surface area contributed by atoms with Crippen LogP contribution in [0.5, 0.6) is 0 Å². The second-order valence-electron chi connectivity index (χ2n) is 24.4. The van der Waals surface area contributed by atoms with E-state index in [2.05, 4.69) is 13.1 Å². The summed E-state index contributed by atoms with van der Waals surface area (Å²) >= 11 is -8.72. The van der Waals surface area contributed by atoms with Crippen LogP contribution in [0.4, 0.5) is 23.3 Å². The Morgan fingerprint density at radius 1 is 0.266 bits per heavy atom. The van der Waals surface area contributed by atoms with E-state index in [0.29, 0.717) is 118 Å². The maximum atomic E-state index is 15.9. The summed E-state index contributed by atoms with van der Waals surface area (Å²) in [6.07, 6.45) is 1.39. The Kier molecular flexibility index (Phi) is 10.9. The van der Waals surface area contributed by atoms with Crippen LogP contribution in [0.3, 0.4) is 0 Å². The van der Waals surface area contributed by atoms with Crippen LogP contribution >= 0.6 is 0 Å². The van der Waals surface area contributed by atoms with E-state index in [9.17, 15) is 0 Å². The number of fused-ring (bicyclic) bond motifs is 28. The zero-order valence-electron chi connectivity index (χ0n) is 49.4. The second-order valence-corrected chi connectivity index (χ2v) is 32.5. The van der Waals surface area contributed by atoms with Gasteiger partial charge < -0.3 is 0 Å². The van der Waals surface area contributed by atoms with Crippen molar-refractivity contribution in [2.75, 3.05) is 0 Å². The Bertz CT molecular complexity index is 5460. The van der Waals surface area contributed by atoms with Crippen LogP contribution in [-0.4, -0.2) is 106 Å². The number of rotatable bonds is 4. The molecule has 8 aliphatic heterocycles. The molecule has 22 heteroatoms. The maximum absolute atomic E-state index is 15.9. The Morgan fingerprint density at radius 2 is 0.468 bits per heavy atom. The minimum atomic E-state index is -4.36. The van der Waals surface area contributed by atoms with Crippen LogP contribution in [0.25, 0.3) is 43.1 Å². The van der Waals surface area contributed by atoms with Gasteiger partial charge in [-0.1, -0.05) is 0 Å². The monoisotopic (exact) mass is 1330 g/mol. The molecule has 1 fully saturated rings. The van der Waals surface area contributed by atoms with Crippen LogP contribution in [0.2, 0.25) is 0 Å². The van der Waals surface area contributed by atoms with Gasteiger partial charge in [-0.15, -0.1) is 0 Å². The van der Waals surface area contributed by atoms with Crippen molar-refractivity contribution in [3.63, 3.8) is 0 Å². The molecule has 12 heterocycles. The van der Waals surface area contributed by atoms with Crippen LogP contribution in [0.1, 0.15) is 70.2 Å². The molecular weight excluding hydrogens is 1290 g/mol. The summed E-state index contributed by atoms with van der Waals surface area (Å²) in [5, 5.41) is 6.46. The summed E-state index contributed by atoms with van der Waals surface area (Å²) in [5.41, 5.74) is 8.85. The zero-order valence-corrected chi connectivity index (χ0v) is 54.2. The van der Waals surface area contributed by atoms with Gasteiger partial charge in [-0.05, 0) is 0 Å². The van der Waals surface area contributed by atoms with Crippen molar-refractivity contribution in [1.82, 2.24) is 13.1 Å². The van der Waals surface area contributed by atoms with E-state index in [-0.39, 0.29) is 11.9 Å². The third-order valence-corrected chi connectivity index (χ3v) is 29.0. The molecule has 12 bridgehead atoms. The van der Waals surface area contributed by atoms with Gasteiger partial charge in [0.25, 0.3) is 0 Å². The number of aliphatic imine (C=N–C) groups is 8. The van der Waals surface area contributed by atoms with E-state index in [1.54, 1.807) is 0 Å². The fourth-order valence-corrected chi connectivity index (χ4v) is 25.3. The van der Waals surface area contributed by atoms with Gasteiger partial charge in [-0.2, -0.15) is 0 Å². The van der Waals surface area contributed by atoms with Gasteiger partial charge in [-0.3, -0.25) is 0 Å². The number of benzene rings is 8. The first-order chi connectivity index (χ1) is 46.4. The number of amidine groups is 8. The average Bonchev–Trinajstić information content (AvgIpc) is 1.56. The zero-order chi connectivity index (χ0) is 61.6. The van der Waals surface area contributed by atoms with Gasteiger partial charge >= 0.3 is 547 Å². The number of hydrogen-bond acceptors (Lipinski definition) is 16. The summed E-state index contributed by atoms with van der Waals surface area (Å²) < 4.78 is 23.1. The standard InChI is InChI=1S/2C32H16N8.C8H12O4.2Ga/c2*1-2-10-18-17(9-1)25-33-26(18)38-28-21-13-5-6-14-22(21)30(35-28)40-32-24-16-8-7-15-23(24)31(36-32)39-29-20-12-4-3-11-19(20)27(34-29)37-25;9-7(10)5-1-2-6(4-3-5)8(11)12;;/h2*1-16H;5-6H,1-4H2,(H,9,10)(H,11,12);;/q2*-2;;2*+3/p-2. The Hall–Kier alpha value is -11.3. The van der Waals surface area contributed by atoms with E-state index in [0.717, 1.165) is 87.6 Å². The first-order valence-electron chi connectivity index (χ1n) is 31.3. The molecule has 0 radical (unpaired) electrons. The van der Waals surface area contributed by atoms with E-state index in [1.807, 2.05) is 194 Å². The summed E-state index contributed by atoms with van der Waals surface area (Å²) in [5.74, 6) is 4.14. The molecule has 4 aromatic heterocycles. The summed E-state index contributed by atoms with van der Waals surface area (Å²) in [6, 6.07) is 64.1. The molecule has 94 heavy (non-hydrogen) atoms. The molecular formula is C72H42Ga2N16O4. The molecule has 9 aliphatic rings. The molecule has 0 unspecified atom stereocenters. The first kappa shape index (κ1) is 52.3. The Labute approximate surface area is 543 Å². The van der Waals surface area contributed by atoms with E-state index in [1.165, 1.54) is 0 Å². The third kappa shape index (κ3) is 7.43. The van der Waals surface area contributed by atoms with Crippen LogP contribution in [0, 0.1) is 11.8 Å². The number of carbonyl (C=O) groups is 2. The molecule has 8 aromatic carbocycles. The number of hydrogen-bond donors (Lipinski definition) is 0. The molecule has 0 N–H and O–H groups in total. The SMILES string of the molecule is O=C([O][Ga]1[n]2c3c4ccccc4c2N=C2N=C(N=c4c5ccccc5c([n]41)=NC1=NC(=N3)c3ccccc31)c1ccccc12)C1CCC(C(=O)[O][Ga]2[n]3c4c5ccccc5c3N=C3N=C(N=c5c6ccccc6c([n]52)=NC2=NC(=N4)c4ccccc42)c2ccccc23)CC1. The summed E-state index contributed by atoms with van der Waals surface area (Å²) in [7, 11) is 0. The second kappa shape index (κ2) is 19.6. The van der Waals surface area contributed by atoms with Crippen molar-refractivity contribution in [1.29, 1.82) is 0 Å². The molecule has 12 aromatic rings. The molecule has 440 valence electrons. The fourth-order valence-electron chi connectivity index (χ4n) is 14.9. The average molecular weight is 1330 g/mol. The van der Waals surface area contributed by atoms with Gasteiger partial charge in [-0.25, -0.2) is 0 Å². The van der Waals surface area contributed by atoms with Gasteiger partial charge in [0.05, 0.1) is 0 Å². The Morgan fingerprint density at radius 3 is 0.702 bits per heavy atom. The quantitative estimate of drug-likeness (QED) is 0.157. The van der Waals surface area contributed by atoms with Crippen LogP contribution in [0.15, 0.2) is 254 Å². The van der Waals surface area contributed by atoms with Gasteiger partial charge in [0.2, 0.25) is 0 Å². The third-order valence-electron chi connectivity index (χ3n) is 19.4. The molecule has 1 saturated carbocycles. The first-order valence-corrected chi connectivity index (χ1v) is 37.6. The number of nitrogens with zero attached hydrogens (tertiary/aromatic N) is 16. The molecule has 0 spiro atoms. The molecule has 0 amide bonds. The van der Waals surface area contributed by atoms with E-state index >= 15 is 9.59 Å². The fraction of sp³-hybridized carbons (Fsp3) is 0.0833. The molecule has 1 aliphatic carbocycles. The van der Waals surface area contributed by atoms with Gasteiger partial charge in [0.1, 0.15) is 0 Å². The van der Waals surface area contributed by atoms with Gasteiger partial charge in [0.15, 0.2) is 0 Å². The van der Waals surface area contributed by atoms with Crippen LogP contribution < -0.4 is 22.0 Å². The topological polar surface area (TPSA) is 221 Å². The summed E-state index contributed by atoms with van der Waals surface area (Å²) in [4.78, 5) is 96.2. The minimum absolute atomic E-state index is 0.347. The van der Waals surface area contributed by atoms with Crippen molar-refractivity contribution in [2.24, 2.45) is 71.7 Å². The molecule has 20 nitrogen and oxygen atoms in total. The van der Waals surface area contributed by atoms with Crippen LogP contribution in [-0.2, 0) is 16.6 Å². The van der Waals surface area contributed by atoms with E-state index < -0.39 is 46.0 Å². The van der Waals surface area contributed by atoms with Crippen molar-refractivity contribution in [3.05, 3.63) is 261 Å². The van der Waals surface area contributed by atoms with Gasteiger partial charge in [0, 0.05) is 0 Å². The Balaban J connectivity index is 0.704. The normalized spacial score (nSPS) is 17.9. The van der Waals surface area contributed by atoms with Crippen molar-refractivity contribution < 1.29 is 16.6 Å². The number of carbonyl (C=O) groups excluding carboxylic acids is 2. The van der Waals surface area contributed by atoms with Crippen molar-refractivity contribution in [2.45, 2.75) is 25.7 Å². The summed E-state index contributed by atoms with van der Waals surface area (Å²) in [6.45, 7) is 0. The predicted octanol–water partition coefficient (Wildman–Crippen LogP) is 9.75. The predicted molar refractivity (Wildman–Crippen MR) is 360 cm³/mol. The van der Waals surface area contributed by atoms with E-state index in [4.69, 9.17) is 67.0 Å².